The van der Waals surface area contributed by atoms with Gasteiger partial charge in [-0.2, -0.15) is 0 Å². The normalized spacial score (nSPS) is 11.6. The van der Waals surface area contributed by atoms with Crippen molar-refractivity contribution < 1.29 is 17.6 Å². The smallest absolute Gasteiger partial charge is 0.256 e. The van der Waals surface area contributed by atoms with Crippen LogP contribution in [-0.4, -0.2) is 16.0 Å². The molecule has 0 aliphatic carbocycles. The highest BCUT2D eigenvalue weighted by Crippen LogP contribution is 2.23. The molecule has 0 aliphatic rings. The fourth-order valence-corrected chi connectivity index (χ4v) is 1.50. The van der Waals surface area contributed by atoms with Gasteiger partial charge in [0, 0.05) is 0 Å². The molecule has 1 aromatic heterocycles. The van der Waals surface area contributed by atoms with E-state index < -0.39 is 24.6 Å². The monoisotopic (exact) mass is 233 g/mol. The molecular weight excluding hydrogens is 226 g/mol. The quantitative estimate of drug-likeness (QED) is 0.808. The molecule has 2 N–H and O–H groups in total. The molecule has 0 saturated heterocycles. The van der Waals surface area contributed by atoms with E-state index in [0.29, 0.717) is 0 Å². The fraction of sp³-hybridized carbons (Fsp3) is 0.222. The Bertz CT molecular complexity index is 535. The maximum absolute atomic E-state index is 13.4. The van der Waals surface area contributed by atoms with Gasteiger partial charge in [-0.15, -0.1) is 0 Å². The van der Waals surface area contributed by atoms with Crippen LogP contribution < -0.4 is 5.73 Å². The lowest BCUT2D eigenvalue weighted by Gasteiger charge is -2.05. The first kappa shape index (κ1) is 10.7. The Morgan fingerprint density at radius 2 is 2.00 bits per heavy atom. The van der Waals surface area contributed by atoms with Crippen molar-refractivity contribution in [1.82, 2.24) is 9.55 Å². The summed E-state index contributed by atoms with van der Waals surface area (Å²) in [6.07, 6.45) is -2.72. The van der Waals surface area contributed by atoms with Crippen molar-refractivity contribution >= 4 is 17.0 Å². The lowest BCUT2D eigenvalue weighted by molar-refractivity contribution is 0.128. The van der Waals surface area contributed by atoms with Crippen LogP contribution in [0.15, 0.2) is 12.1 Å². The van der Waals surface area contributed by atoms with Gasteiger partial charge < -0.3 is 10.3 Å². The van der Waals surface area contributed by atoms with Crippen LogP contribution in [0.4, 0.5) is 23.5 Å². The van der Waals surface area contributed by atoms with Gasteiger partial charge in [0.1, 0.15) is 5.52 Å². The van der Waals surface area contributed by atoms with Crippen LogP contribution >= 0.6 is 0 Å². The second-order valence-electron chi connectivity index (χ2n) is 3.20. The van der Waals surface area contributed by atoms with Gasteiger partial charge in [0.15, 0.2) is 11.6 Å². The van der Waals surface area contributed by atoms with Crippen LogP contribution in [0.25, 0.3) is 11.0 Å². The Balaban J connectivity index is 2.71. The number of rotatable bonds is 2. The molecule has 0 spiro atoms. The van der Waals surface area contributed by atoms with Gasteiger partial charge in [-0.05, 0) is 12.1 Å². The topological polar surface area (TPSA) is 43.8 Å². The van der Waals surface area contributed by atoms with E-state index >= 15 is 0 Å². The van der Waals surface area contributed by atoms with Crippen LogP contribution in [0, 0.1) is 11.6 Å². The molecular formula is C9H7F4N3. The average molecular weight is 233 g/mol. The fourth-order valence-electron chi connectivity index (χ4n) is 1.50. The number of alkyl halides is 2. The third kappa shape index (κ3) is 1.58. The molecule has 2 rings (SSSR count). The van der Waals surface area contributed by atoms with E-state index in [9.17, 15) is 17.6 Å². The van der Waals surface area contributed by atoms with E-state index in [0.717, 1.165) is 10.6 Å². The highest BCUT2D eigenvalue weighted by atomic mass is 19.3. The molecule has 1 aromatic carbocycles. The first-order chi connectivity index (χ1) is 7.50. The summed E-state index contributed by atoms with van der Waals surface area (Å²) in [5.41, 5.74) is 5.07. The zero-order chi connectivity index (χ0) is 11.9. The third-order valence-electron chi connectivity index (χ3n) is 2.15. The number of nitrogens with zero attached hydrogens (tertiary/aromatic N) is 2. The molecule has 16 heavy (non-hydrogen) atoms. The molecule has 0 aliphatic heterocycles. The van der Waals surface area contributed by atoms with Crippen molar-refractivity contribution in [3.63, 3.8) is 0 Å². The highest BCUT2D eigenvalue weighted by molar-refractivity contribution is 5.79. The highest BCUT2D eigenvalue weighted by Gasteiger charge is 2.18. The lowest BCUT2D eigenvalue weighted by atomic mass is 10.3. The molecule has 0 atom stereocenters. The Morgan fingerprint density at radius 1 is 1.31 bits per heavy atom. The van der Waals surface area contributed by atoms with Gasteiger partial charge >= 0.3 is 0 Å². The lowest BCUT2D eigenvalue weighted by Crippen LogP contribution is -2.10. The number of hydrogen-bond acceptors (Lipinski definition) is 2. The SMILES string of the molecule is Nc1nc2ccc(F)c(F)c2n1CC(F)F. The Hall–Kier alpha value is -1.79. The molecule has 0 saturated carbocycles. The molecule has 0 unspecified atom stereocenters. The number of fused-ring (bicyclic) bond motifs is 1. The molecule has 0 amide bonds. The predicted molar refractivity (Wildman–Crippen MR) is 50.1 cm³/mol. The molecule has 3 nitrogen and oxygen atoms in total. The summed E-state index contributed by atoms with van der Waals surface area (Å²) in [5.74, 6) is -2.61. The zero-order valence-corrected chi connectivity index (χ0v) is 7.92. The number of imidazole rings is 1. The number of benzene rings is 1. The summed E-state index contributed by atoms with van der Waals surface area (Å²) in [5, 5.41) is 0. The van der Waals surface area contributed by atoms with Crippen LogP contribution in [0.5, 0.6) is 0 Å². The molecule has 86 valence electrons. The molecule has 7 heteroatoms. The van der Waals surface area contributed by atoms with E-state index in [1.165, 1.54) is 6.07 Å². The van der Waals surface area contributed by atoms with Crippen molar-refractivity contribution in [3.8, 4) is 0 Å². The molecule has 0 bridgehead atoms. The minimum Gasteiger partial charge on any atom is -0.369 e. The van der Waals surface area contributed by atoms with Gasteiger partial charge in [-0.3, -0.25) is 0 Å². The van der Waals surface area contributed by atoms with Crippen LogP contribution in [0.1, 0.15) is 0 Å². The van der Waals surface area contributed by atoms with Gasteiger partial charge in [-0.1, -0.05) is 0 Å². The number of aromatic nitrogens is 2. The van der Waals surface area contributed by atoms with Crippen molar-refractivity contribution in [2.24, 2.45) is 0 Å². The van der Waals surface area contributed by atoms with Crippen molar-refractivity contribution in [1.29, 1.82) is 0 Å². The number of anilines is 1. The maximum atomic E-state index is 13.4. The largest absolute Gasteiger partial charge is 0.369 e. The summed E-state index contributed by atoms with van der Waals surface area (Å²) >= 11 is 0. The van der Waals surface area contributed by atoms with E-state index in [4.69, 9.17) is 5.73 Å². The second kappa shape index (κ2) is 3.66. The average Bonchev–Trinajstić information content (AvgIpc) is 2.50. The number of hydrogen-bond donors (Lipinski definition) is 1. The van der Waals surface area contributed by atoms with E-state index in [-0.39, 0.29) is 17.0 Å². The summed E-state index contributed by atoms with van der Waals surface area (Å²) < 4.78 is 51.5. The summed E-state index contributed by atoms with van der Waals surface area (Å²) in [6, 6.07) is 2.06. The van der Waals surface area contributed by atoms with Crippen LogP contribution in [0.3, 0.4) is 0 Å². The van der Waals surface area contributed by atoms with Gasteiger partial charge in [0.25, 0.3) is 6.43 Å². The van der Waals surface area contributed by atoms with Crippen LogP contribution in [0.2, 0.25) is 0 Å². The molecule has 1 heterocycles. The number of nitrogen functional groups attached to an aromatic ring is 1. The van der Waals surface area contributed by atoms with E-state index in [1.54, 1.807) is 0 Å². The summed E-state index contributed by atoms with van der Waals surface area (Å²) in [7, 11) is 0. The van der Waals surface area contributed by atoms with Gasteiger partial charge in [-0.25, -0.2) is 22.5 Å². The minimum atomic E-state index is -2.72. The predicted octanol–water partition coefficient (Wildman–Crippen LogP) is 2.16. The summed E-state index contributed by atoms with van der Waals surface area (Å²) in [4.78, 5) is 3.67. The molecule has 0 radical (unpaired) electrons. The summed E-state index contributed by atoms with van der Waals surface area (Å²) in [6.45, 7) is -0.817. The Morgan fingerprint density at radius 3 is 2.62 bits per heavy atom. The van der Waals surface area contributed by atoms with E-state index in [2.05, 4.69) is 4.98 Å². The number of halogens is 4. The van der Waals surface area contributed by atoms with Crippen molar-refractivity contribution in [2.75, 3.05) is 5.73 Å². The van der Waals surface area contributed by atoms with Crippen LogP contribution in [-0.2, 0) is 6.54 Å². The first-order valence-electron chi connectivity index (χ1n) is 4.38. The zero-order valence-electron chi connectivity index (χ0n) is 7.92. The maximum Gasteiger partial charge on any atom is 0.256 e. The van der Waals surface area contributed by atoms with Crippen molar-refractivity contribution in [3.05, 3.63) is 23.8 Å². The minimum absolute atomic E-state index is 0.0528. The Kier molecular flexibility index (Phi) is 2.45. The molecule has 0 fully saturated rings. The Labute approximate surface area is 87.5 Å². The van der Waals surface area contributed by atoms with Crippen molar-refractivity contribution in [2.45, 2.75) is 13.0 Å². The third-order valence-corrected chi connectivity index (χ3v) is 2.15. The van der Waals surface area contributed by atoms with Gasteiger partial charge in [0.2, 0.25) is 5.95 Å². The van der Waals surface area contributed by atoms with E-state index in [1.807, 2.05) is 0 Å². The standard InChI is InChI=1S/C9H7F4N3/c10-4-1-2-5-8(7(4)13)16(3-6(11)12)9(14)15-5/h1-2,6H,3H2,(H2,14,15). The number of nitrogens with two attached hydrogens (primary N) is 1. The second-order valence-corrected chi connectivity index (χ2v) is 3.20. The van der Waals surface area contributed by atoms with Gasteiger partial charge in [0.05, 0.1) is 12.1 Å². The molecule has 2 aromatic rings. The first-order valence-corrected chi connectivity index (χ1v) is 4.38.